The Balaban J connectivity index is 3.18. The molecule has 0 saturated heterocycles. The van der Waals surface area contributed by atoms with E-state index >= 15 is 0 Å². The Morgan fingerprint density at radius 1 is 1.45 bits per heavy atom. The lowest BCUT2D eigenvalue weighted by Crippen LogP contribution is -2.26. The molecule has 0 radical (unpaired) electrons. The van der Waals surface area contributed by atoms with Crippen LogP contribution < -0.4 is 11.4 Å². The summed E-state index contributed by atoms with van der Waals surface area (Å²) in [5.74, 6) is 0.328. The van der Waals surface area contributed by atoms with Gasteiger partial charge in [-0.15, -0.1) is 6.58 Å². The zero-order valence-electron chi connectivity index (χ0n) is 5.76. The number of H-pyrrole nitrogens is 2. The number of nitrogens with one attached hydrogen (secondary N) is 2. The molecule has 5 heteroatoms. The van der Waals surface area contributed by atoms with Gasteiger partial charge in [0.15, 0.2) is 0 Å². The summed E-state index contributed by atoms with van der Waals surface area (Å²) in [6, 6.07) is 0. The van der Waals surface area contributed by atoms with Gasteiger partial charge in [0, 0.05) is 6.42 Å². The monoisotopic (exact) mass is 153 g/mol. The largest absolute Gasteiger partial charge is 0.350 e. The number of aromatic nitrogens is 3. The Bertz CT molecular complexity index is 334. The predicted octanol–water partition coefficient (Wildman–Crippen LogP) is -0.813. The van der Waals surface area contributed by atoms with Gasteiger partial charge in [0.05, 0.1) is 0 Å². The minimum atomic E-state index is -0.634. The van der Waals surface area contributed by atoms with Crippen molar-refractivity contribution >= 4 is 0 Å². The zero-order chi connectivity index (χ0) is 8.27. The minimum absolute atomic E-state index is 0.328. The molecule has 0 aliphatic heterocycles. The highest BCUT2D eigenvalue weighted by molar-refractivity contribution is 4.89. The van der Waals surface area contributed by atoms with E-state index in [9.17, 15) is 9.59 Å². The van der Waals surface area contributed by atoms with Crippen LogP contribution in [0, 0.1) is 0 Å². The van der Waals surface area contributed by atoms with Crippen molar-refractivity contribution in [2.75, 3.05) is 0 Å². The van der Waals surface area contributed by atoms with Crippen molar-refractivity contribution in [2.24, 2.45) is 0 Å². The third-order valence-electron chi connectivity index (χ3n) is 1.05. The standard InChI is InChI=1S/C6H7N3O2/c1-2-3-4-7-5(10)9-6(11)8-4/h2H,1,3H2,(H2,7,8,9,10,11). The van der Waals surface area contributed by atoms with Crippen molar-refractivity contribution in [2.45, 2.75) is 6.42 Å². The van der Waals surface area contributed by atoms with Crippen LogP contribution in [-0.2, 0) is 6.42 Å². The van der Waals surface area contributed by atoms with Gasteiger partial charge in [-0.2, -0.15) is 4.98 Å². The molecule has 0 spiro atoms. The van der Waals surface area contributed by atoms with Gasteiger partial charge in [0.25, 0.3) is 0 Å². The van der Waals surface area contributed by atoms with Gasteiger partial charge in [-0.05, 0) is 0 Å². The highest BCUT2D eigenvalue weighted by Crippen LogP contribution is 1.81. The SMILES string of the molecule is C=CCc1nc(=O)[nH]c(=O)[nH]1. The lowest BCUT2D eigenvalue weighted by atomic mass is 10.4. The lowest BCUT2D eigenvalue weighted by molar-refractivity contribution is 0.856. The second kappa shape index (κ2) is 2.96. The van der Waals surface area contributed by atoms with Crippen molar-refractivity contribution in [1.29, 1.82) is 0 Å². The van der Waals surface area contributed by atoms with E-state index in [0.29, 0.717) is 12.2 Å². The first-order valence-corrected chi connectivity index (χ1v) is 3.03. The number of rotatable bonds is 2. The molecule has 11 heavy (non-hydrogen) atoms. The zero-order valence-corrected chi connectivity index (χ0v) is 5.76. The molecule has 0 atom stereocenters. The smallest absolute Gasteiger partial charge is 0.295 e. The topological polar surface area (TPSA) is 78.6 Å². The quantitative estimate of drug-likeness (QED) is 0.545. The van der Waals surface area contributed by atoms with Crippen LogP contribution in [0.3, 0.4) is 0 Å². The average molecular weight is 153 g/mol. The van der Waals surface area contributed by atoms with E-state index in [1.165, 1.54) is 0 Å². The Morgan fingerprint density at radius 2 is 2.18 bits per heavy atom. The highest BCUT2D eigenvalue weighted by Gasteiger charge is 1.93. The Morgan fingerprint density at radius 3 is 2.73 bits per heavy atom. The molecule has 0 unspecified atom stereocenters. The summed E-state index contributed by atoms with van der Waals surface area (Å²) in [6.07, 6.45) is 1.94. The van der Waals surface area contributed by atoms with E-state index in [4.69, 9.17) is 0 Å². The van der Waals surface area contributed by atoms with Crippen LogP contribution in [0.4, 0.5) is 0 Å². The third-order valence-corrected chi connectivity index (χ3v) is 1.05. The van der Waals surface area contributed by atoms with Gasteiger partial charge in [0.2, 0.25) is 0 Å². The maximum atomic E-state index is 10.6. The van der Waals surface area contributed by atoms with Crippen LogP contribution in [0.25, 0.3) is 0 Å². The van der Waals surface area contributed by atoms with E-state index in [0.717, 1.165) is 0 Å². The van der Waals surface area contributed by atoms with Gasteiger partial charge in [-0.3, -0.25) is 9.97 Å². The number of hydrogen-bond donors (Lipinski definition) is 2. The molecule has 58 valence electrons. The Hall–Kier alpha value is -1.65. The Labute approximate surface area is 61.8 Å². The summed E-state index contributed by atoms with van der Waals surface area (Å²) in [7, 11) is 0. The van der Waals surface area contributed by atoms with Gasteiger partial charge in [0.1, 0.15) is 5.82 Å². The van der Waals surface area contributed by atoms with Crippen LogP contribution in [0.1, 0.15) is 5.82 Å². The molecule has 1 aromatic heterocycles. The molecule has 0 saturated carbocycles. The molecule has 1 heterocycles. The average Bonchev–Trinajstić information content (AvgIpc) is 1.85. The summed E-state index contributed by atoms with van der Waals surface area (Å²) in [6.45, 7) is 3.44. The number of allylic oxidation sites excluding steroid dienone is 1. The van der Waals surface area contributed by atoms with Gasteiger partial charge >= 0.3 is 11.4 Å². The number of aromatic amines is 2. The molecule has 1 aromatic rings. The fourth-order valence-corrected chi connectivity index (χ4v) is 0.671. The predicted molar refractivity (Wildman–Crippen MR) is 39.4 cm³/mol. The van der Waals surface area contributed by atoms with Gasteiger partial charge < -0.3 is 0 Å². The van der Waals surface area contributed by atoms with E-state index in [2.05, 4.69) is 16.5 Å². The first-order chi connectivity index (χ1) is 5.22. The summed E-state index contributed by atoms with van der Waals surface area (Å²) < 4.78 is 0. The molecule has 0 fully saturated rings. The van der Waals surface area contributed by atoms with E-state index in [1.54, 1.807) is 6.08 Å². The van der Waals surface area contributed by atoms with Crippen LogP contribution in [0.5, 0.6) is 0 Å². The summed E-state index contributed by atoms with van der Waals surface area (Å²) in [5.41, 5.74) is -1.17. The molecular formula is C6H7N3O2. The van der Waals surface area contributed by atoms with E-state index < -0.39 is 11.4 Å². The van der Waals surface area contributed by atoms with Crippen molar-refractivity contribution in [1.82, 2.24) is 15.0 Å². The molecule has 0 amide bonds. The minimum Gasteiger partial charge on any atom is -0.295 e. The maximum Gasteiger partial charge on any atom is 0.350 e. The third kappa shape index (κ3) is 1.89. The summed E-state index contributed by atoms with van der Waals surface area (Å²) in [5, 5.41) is 0. The molecular weight excluding hydrogens is 146 g/mol. The second-order valence-corrected chi connectivity index (χ2v) is 1.94. The van der Waals surface area contributed by atoms with Crippen LogP contribution >= 0.6 is 0 Å². The molecule has 0 aliphatic rings. The normalized spacial score (nSPS) is 9.45. The van der Waals surface area contributed by atoms with Crippen molar-refractivity contribution in [3.8, 4) is 0 Å². The van der Waals surface area contributed by atoms with Crippen molar-refractivity contribution < 1.29 is 0 Å². The fraction of sp³-hybridized carbons (Fsp3) is 0.167. The highest BCUT2D eigenvalue weighted by atomic mass is 16.2. The maximum absolute atomic E-state index is 10.6. The van der Waals surface area contributed by atoms with E-state index in [-0.39, 0.29) is 0 Å². The fourth-order valence-electron chi connectivity index (χ4n) is 0.671. The van der Waals surface area contributed by atoms with Crippen molar-refractivity contribution in [3.05, 3.63) is 39.4 Å². The van der Waals surface area contributed by atoms with Gasteiger partial charge in [-0.1, -0.05) is 6.08 Å². The second-order valence-electron chi connectivity index (χ2n) is 1.94. The lowest BCUT2D eigenvalue weighted by Gasteiger charge is -1.90. The van der Waals surface area contributed by atoms with E-state index in [1.807, 2.05) is 4.98 Å². The van der Waals surface area contributed by atoms with Crippen LogP contribution in [0.2, 0.25) is 0 Å². The molecule has 2 N–H and O–H groups in total. The van der Waals surface area contributed by atoms with Crippen LogP contribution in [-0.4, -0.2) is 15.0 Å². The Kier molecular flexibility index (Phi) is 2.00. The van der Waals surface area contributed by atoms with Crippen molar-refractivity contribution in [3.63, 3.8) is 0 Å². The molecule has 1 rings (SSSR count). The summed E-state index contributed by atoms with van der Waals surface area (Å²) >= 11 is 0. The van der Waals surface area contributed by atoms with Gasteiger partial charge in [-0.25, -0.2) is 9.59 Å². The molecule has 0 aromatic carbocycles. The number of nitrogens with zero attached hydrogens (tertiary/aromatic N) is 1. The summed E-state index contributed by atoms with van der Waals surface area (Å²) in [4.78, 5) is 29.0. The number of hydrogen-bond acceptors (Lipinski definition) is 3. The van der Waals surface area contributed by atoms with Crippen LogP contribution in [0.15, 0.2) is 22.2 Å². The molecule has 0 aliphatic carbocycles. The first kappa shape index (κ1) is 7.46. The first-order valence-electron chi connectivity index (χ1n) is 3.03. The molecule has 5 nitrogen and oxygen atoms in total. The molecule has 0 bridgehead atoms.